The lowest BCUT2D eigenvalue weighted by Gasteiger charge is -2.31. The van der Waals surface area contributed by atoms with Crippen LogP contribution in [-0.2, 0) is 0 Å². The number of carbonyl (C=O) groups excluding carboxylic acids is 1. The molecule has 0 radical (unpaired) electrons. The first-order chi connectivity index (χ1) is 13.8. The van der Waals surface area contributed by atoms with Crippen LogP contribution in [0.15, 0.2) is 54.6 Å². The molecule has 0 spiro atoms. The van der Waals surface area contributed by atoms with Gasteiger partial charge in [0.05, 0.1) is 16.5 Å². The molecule has 0 aliphatic rings. The van der Waals surface area contributed by atoms with Crippen LogP contribution in [0.5, 0.6) is 0 Å². The lowest BCUT2D eigenvalue weighted by atomic mass is 9.88. The Hall–Kier alpha value is -2.25. The minimum atomic E-state index is -0.456. The Morgan fingerprint density at radius 1 is 1.10 bits per heavy atom. The van der Waals surface area contributed by atoms with Crippen molar-refractivity contribution < 1.29 is 32.4 Å². The minimum Gasteiger partial charge on any atom is -1.00 e. The second-order valence-electron chi connectivity index (χ2n) is 7.70. The zero-order valence-corrected chi connectivity index (χ0v) is 19.6. The van der Waals surface area contributed by atoms with E-state index in [1.807, 2.05) is 42.2 Å². The van der Waals surface area contributed by atoms with E-state index >= 15 is 0 Å². The highest BCUT2D eigenvalue weighted by atomic mass is 79.9. The minimum absolute atomic E-state index is 0. The second kappa shape index (κ2) is 11.8. The molecule has 30 heavy (non-hydrogen) atoms. The smallest absolute Gasteiger partial charge is 0.269 e. The maximum atomic E-state index is 13.3. The predicted molar refractivity (Wildman–Crippen MR) is 114 cm³/mol. The van der Waals surface area contributed by atoms with Gasteiger partial charge in [-0.25, -0.2) is 0 Å². The SMILES string of the molecule is CCC([NH3+])(CC)CCCN(C(=O)c1ccc([N+](=O)[O-])cc1)C(C)c1ccccc1.[Br-]. The van der Waals surface area contributed by atoms with Gasteiger partial charge in [-0.3, -0.25) is 14.9 Å². The lowest BCUT2D eigenvalue weighted by molar-refractivity contribution is -0.481. The van der Waals surface area contributed by atoms with Gasteiger partial charge < -0.3 is 27.6 Å². The molecule has 0 saturated carbocycles. The number of amides is 1. The highest BCUT2D eigenvalue weighted by molar-refractivity contribution is 5.94. The third kappa shape index (κ3) is 6.64. The number of halogens is 1. The number of non-ortho nitro benzene ring substituents is 1. The molecule has 2 aromatic carbocycles. The number of nitro benzene ring substituents is 1. The maximum absolute atomic E-state index is 13.3. The average molecular weight is 478 g/mol. The molecule has 164 valence electrons. The van der Waals surface area contributed by atoms with E-state index in [2.05, 4.69) is 19.6 Å². The van der Waals surface area contributed by atoms with Crippen LogP contribution in [0.25, 0.3) is 0 Å². The van der Waals surface area contributed by atoms with E-state index in [0.29, 0.717) is 12.1 Å². The molecule has 7 heteroatoms. The molecule has 1 unspecified atom stereocenters. The number of hydrogen-bond donors (Lipinski definition) is 1. The van der Waals surface area contributed by atoms with E-state index < -0.39 is 4.92 Å². The number of rotatable bonds is 10. The molecule has 2 rings (SSSR count). The van der Waals surface area contributed by atoms with Crippen molar-refractivity contribution >= 4 is 11.6 Å². The summed E-state index contributed by atoms with van der Waals surface area (Å²) in [7, 11) is 0. The molecule has 3 N–H and O–H groups in total. The maximum Gasteiger partial charge on any atom is 0.269 e. The standard InChI is InChI=1S/C23H31N3O3.BrH/c1-4-23(24,5-2)16-9-17-25(18(3)19-10-7-6-8-11-19)22(27)20-12-14-21(15-13-20)26(28)29;/h6-8,10-15,18H,4-5,9,16-17,24H2,1-3H3;1H. The van der Waals surface area contributed by atoms with Gasteiger partial charge in [-0.15, -0.1) is 0 Å². The van der Waals surface area contributed by atoms with Gasteiger partial charge in [0.15, 0.2) is 0 Å². The van der Waals surface area contributed by atoms with Gasteiger partial charge in [0.1, 0.15) is 0 Å². The molecule has 0 fully saturated rings. The van der Waals surface area contributed by atoms with Crippen molar-refractivity contribution in [3.05, 3.63) is 75.8 Å². The van der Waals surface area contributed by atoms with Crippen molar-refractivity contribution in [1.29, 1.82) is 0 Å². The van der Waals surface area contributed by atoms with Gasteiger partial charge in [-0.2, -0.15) is 0 Å². The molecule has 0 aliphatic carbocycles. The Kier molecular flexibility index (Phi) is 10.2. The summed E-state index contributed by atoms with van der Waals surface area (Å²) < 4.78 is 0. The fraction of sp³-hybridized carbons (Fsp3) is 0.435. The summed E-state index contributed by atoms with van der Waals surface area (Å²) in [5.74, 6) is -0.112. The highest BCUT2D eigenvalue weighted by Crippen LogP contribution is 2.25. The van der Waals surface area contributed by atoms with E-state index in [0.717, 1.165) is 31.2 Å². The third-order valence-electron chi connectivity index (χ3n) is 5.94. The van der Waals surface area contributed by atoms with Gasteiger partial charge in [0, 0.05) is 30.7 Å². The molecule has 0 aromatic heterocycles. The summed E-state index contributed by atoms with van der Waals surface area (Å²) in [4.78, 5) is 25.6. The summed E-state index contributed by atoms with van der Waals surface area (Å²) in [5.41, 5.74) is 5.92. The fourth-order valence-corrected chi connectivity index (χ4v) is 3.50. The first-order valence-electron chi connectivity index (χ1n) is 10.3. The molecule has 1 atom stereocenters. The monoisotopic (exact) mass is 477 g/mol. The number of hydrogen-bond acceptors (Lipinski definition) is 3. The summed E-state index contributed by atoms with van der Waals surface area (Å²) in [6, 6.07) is 15.7. The predicted octanol–water partition coefficient (Wildman–Crippen LogP) is 1.38. The van der Waals surface area contributed by atoms with Gasteiger partial charge in [-0.05, 0) is 43.9 Å². The number of benzene rings is 2. The zero-order valence-electron chi connectivity index (χ0n) is 18.0. The zero-order chi connectivity index (χ0) is 21.4. The number of carbonyl (C=O) groups is 1. The molecule has 2 aromatic rings. The van der Waals surface area contributed by atoms with Crippen LogP contribution in [0.2, 0.25) is 0 Å². The number of nitro groups is 1. The van der Waals surface area contributed by atoms with E-state index in [9.17, 15) is 14.9 Å². The van der Waals surface area contributed by atoms with E-state index in [4.69, 9.17) is 0 Å². The van der Waals surface area contributed by atoms with Crippen LogP contribution in [0.3, 0.4) is 0 Å². The largest absolute Gasteiger partial charge is 1.00 e. The second-order valence-corrected chi connectivity index (χ2v) is 7.70. The Morgan fingerprint density at radius 2 is 1.67 bits per heavy atom. The van der Waals surface area contributed by atoms with Gasteiger partial charge in [0.2, 0.25) is 0 Å². The summed E-state index contributed by atoms with van der Waals surface area (Å²) in [6.07, 6.45) is 3.83. The molecular weight excluding hydrogens is 446 g/mol. The van der Waals surface area contributed by atoms with Crippen LogP contribution >= 0.6 is 0 Å². The van der Waals surface area contributed by atoms with Crippen LogP contribution in [-0.4, -0.2) is 27.8 Å². The Labute approximate surface area is 189 Å². The topological polar surface area (TPSA) is 91.1 Å². The van der Waals surface area contributed by atoms with Gasteiger partial charge in [0.25, 0.3) is 11.6 Å². The molecule has 0 bridgehead atoms. The molecule has 0 heterocycles. The molecule has 0 aliphatic heterocycles. The number of nitrogens with zero attached hydrogens (tertiary/aromatic N) is 2. The van der Waals surface area contributed by atoms with Crippen LogP contribution in [0.4, 0.5) is 5.69 Å². The lowest BCUT2D eigenvalue weighted by Crippen LogP contribution is -3.00. The summed E-state index contributed by atoms with van der Waals surface area (Å²) in [6.45, 7) is 6.95. The van der Waals surface area contributed by atoms with Crippen LogP contribution in [0.1, 0.15) is 68.4 Å². The molecular formula is C23H32BrN3O3. The van der Waals surface area contributed by atoms with Crippen LogP contribution in [0, 0.1) is 10.1 Å². The molecule has 0 saturated heterocycles. The van der Waals surface area contributed by atoms with Crippen molar-refractivity contribution in [2.45, 2.75) is 58.0 Å². The third-order valence-corrected chi connectivity index (χ3v) is 5.94. The van der Waals surface area contributed by atoms with Crippen molar-refractivity contribution in [2.75, 3.05) is 6.54 Å². The highest BCUT2D eigenvalue weighted by Gasteiger charge is 2.27. The average Bonchev–Trinajstić information content (AvgIpc) is 2.76. The van der Waals surface area contributed by atoms with E-state index in [1.54, 1.807) is 0 Å². The van der Waals surface area contributed by atoms with Gasteiger partial charge in [-0.1, -0.05) is 44.2 Å². The molecule has 6 nitrogen and oxygen atoms in total. The van der Waals surface area contributed by atoms with Gasteiger partial charge >= 0.3 is 0 Å². The Balaban J connectivity index is 0.00000450. The van der Waals surface area contributed by atoms with E-state index in [1.165, 1.54) is 24.3 Å². The van der Waals surface area contributed by atoms with E-state index in [-0.39, 0.29) is 40.2 Å². The number of quaternary nitrogens is 1. The Morgan fingerprint density at radius 3 is 2.17 bits per heavy atom. The van der Waals surface area contributed by atoms with Crippen molar-refractivity contribution in [2.24, 2.45) is 0 Å². The van der Waals surface area contributed by atoms with Crippen molar-refractivity contribution in [1.82, 2.24) is 4.90 Å². The van der Waals surface area contributed by atoms with Crippen LogP contribution < -0.4 is 22.7 Å². The van der Waals surface area contributed by atoms with Crippen molar-refractivity contribution in [3.8, 4) is 0 Å². The fourth-order valence-electron chi connectivity index (χ4n) is 3.50. The normalized spacial score (nSPS) is 12.0. The summed E-state index contributed by atoms with van der Waals surface area (Å²) >= 11 is 0. The van der Waals surface area contributed by atoms with Crippen molar-refractivity contribution in [3.63, 3.8) is 0 Å². The quantitative estimate of drug-likeness (QED) is 0.413. The summed E-state index contributed by atoms with van der Waals surface area (Å²) in [5, 5.41) is 10.9. The Bertz CT molecular complexity index is 808. The molecule has 1 amide bonds. The first-order valence-corrected chi connectivity index (χ1v) is 10.3. The first kappa shape index (κ1) is 25.8.